The number of rotatable bonds is 7. The lowest BCUT2D eigenvalue weighted by Crippen LogP contribution is -2.50. The van der Waals surface area contributed by atoms with E-state index in [0.717, 1.165) is 10.4 Å². The monoisotopic (exact) mass is 396 g/mol. The van der Waals surface area contributed by atoms with Crippen LogP contribution in [0.5, 0.6) is 0 Å². The second kappa shape index (κ2) is 8.59. The van der Waals surface area contributed by atoms with Gasteiger partial charge in [0.1, 0.15) is 10.7 Å². The number of ether oxygens (including phenoxy) is 1. The summed E-state index contributed by atoms with van der Waals surface area (Å²) in [6.45, 7) is 1.23. The zero-order valence-electron chi connectivity index (χ0n) is 14.6. The molecule has 0 unspecified atom stereocenters. The summed E-state index contributed by atoms with van der Waals surface area (Å²) in [5, 5.41) is 6.78. The van der Waals surface area contributed by atoms with Gasteiger partial charge >= 0.3 is 0 Å². The summed E-state index contributed by atoms with van der Waals surface area (Å²) in [6, 6.07) is 6.32. The number of hydrogen-bond donors (Lipinski definition) is 1. The molecule has 1 aromatic heterocycles. The normalized spacial score (nSPS) is 18.3. The topological polar surface area (TPSA) is 93.5 Å². The Kier molecular flexibility index (Phi) is 6.19. The molecule has 1 saturated heterocycles. The summed E-state index contributed by atoms with van der Waals surface area (Å²) < 4.78 is 47.9. The van der Waals surface area contributed by atoms with Crippen LogP contribution in [-0.4, -0.2) is 60.8 Å². The molecule has 2 heterocycles. The predicted molar refractivity (Wildman–Crippen MR) is 94.8 cm³/mol. The summed E-state index contributed by atoms with van der Waals surface area (Å²) >= 11 is 0. The van der Waals surface area contributed by atoms with E-state index < -0.39 is 26.8 Å². The van der Waals surface area contributed by atoms with Gasteiger partial charge in [-0.3, -0.25) is 9.48 Å². The van der Waals surface area contributed by atoms with Crippen LogP contribution >= 0.6 is 0 Å². The fourth-order valence-corrected chi connectivity index (χ4v) is 4.59. The van der Waals surface area contributed by atoms with Gasteiger partial charge in [0, 0.05) is 31.9 Å². The molecule has 10 heteroatoms. The van der Waals surface area contributed by atoms with Crippen molar-refractivity contribution in [3.05, 3.63) is 48.5 Å². The predicted octanol–water partition coefficient (Wildman–Crippen LogP) is 0.618. The number of amides is 1. The van der Waals surface area contributed by atoms with Crippen molar-refractivity contribution >= 4 is 15.9 Å². The molecule has 27 heavy (non-hydrogen) atoms. The molecular formula is C17H21FN4O4S. The number of nitrogens with zero attached hydrogens (tertiary/aromatic N) is 3. The van der Waals surface area contributed by atoms with Crippen LogP contribution in [0.25, 0.3) is 0 Å². The van der Waals surface area contributed by atoms with E-state index in [1.807, 2.05) is 0 Å². The first-order valence-corrected chi connectivity index (χ1v) is 10.0. The molecule has 2 aromatic rings. The van der Waals surface area contributed by atoms with E-state index in [1.54, 1.807) is 23.1 Å². The first kappa shape index (κ1) is 19.5. The van der Waals surface area contributed by atoms with Crippen molar-refractivity contribution in [1.82, 2.24) is 19.4 Å². The van der Waals surface area contributed by atoms with Gasteiger partial charge in [-0.2, -0.15) is 9.40 Å². The number of sulfonamides is 1. The molecule has 1 fully saturated rings. The molecule has 146 valence electrons. The van der Waals surface area contributed by atoms with Gasteiger partial charge in [0.2, 0.25) is 15.9 Å². The average Bonchev–Trinajstić information content (AvgIpc) is 3.16. The highest BCUT2D eigenvalue weighted by atomic mass is 32.2. The highest BCUT2D eigenvalue weighted by Crippen LogP contribution is 2.24. The molecule has 0 spiro atoms. The highest BCUT2D eigenvalue weighted by molar-refractivity contribution is 7.89. The van der Waals surface area contributed by atoms with Crippen LogP contribution in [0.15, 0.2) is 47.6 Å². The van der Waals surface area contributed by atoms with Gasteiger partial charge in [0.15, 0.2) is 0 Å². The molecule has 0 radical (unpaired) electrons. The molecule has 3 rings (SSSR count). The van der Waals surface area contributed by atoms with E-state index in [4.69, 9.17) is 4.74 Å². The van der Waals surface area contributed by atoms with Crippen LogP contribution in [-0.2, 0) is 26.1 Å². The van der Waals surface area contributed by atoms with Crippen LogP contribution < -0.4 is 5.32 Å². The Balaban J connectivity index is 1.64. The summed E-state index contributed by atoms with van der Waals surface area (Å²) in [5.74, 6) is -1.11. The number of nitrogens with one attached hydrogen (secondary N) is 1. The Bertz CT molecular complexity index is 873. The lowest BCUT2D eigenvalue weighted by Gasteiger charge is -2.34. The zero-order chi connectivity index (χ0) is 19.3. The van der Waals surface area contributed by atoms with Crippen LogP contribution in [0, 0.1) is 5.82 Å². The molecule has 0 aliphatic carbocycles. The fraction of sp³-hybridized carbons (Fsp3) is 0.412. The third-order valence-electron chi connectivity index (χ3n) is 4.24. The first-order valence-electron chi connectivity index (χ1n) is 8.57. The Hall–Kier alpha value is -2.30. The van der Waals surface area contributed by atoms with Crippen LogP contribution in [0.3, 0.4) is 0 Å². The molecule has 1 aliphatic rings. The minimum Gasteiger partial charge on any atom is -0.378 e. The van der Waals surface area contributed by atoms with E-state index >= 15 is 0 Å². The number of aromatic nitrogens is 2. The molecular weight excluding hydrogens is 375 g/mol. The largest absolute Gasteiger partial charge is 0.378 e. The second-order valence-corrected chi connectivity index (χ2v) is 7.96. The lowest BCUT2D eigenvalue weighted by atomic mass is 10.2. The zero-order valence-corrected chi connectivity index (χ0v) is 15.4. The van der Waals surface area contributed by atoms with E-state index in [-0.39, 0.29) is 32.1 Å². The van der Waals surface area contributed by atoms with E-state index in [2.05, 4.69) is 10.4 Å². The summed E-state index contributed by atoms with van der Waals surface area (Å²) in [4.78, 5) is 11.8. The Morgan fingerprint density at radius 1 is 1.33 bits per heavy atom. The number of halogens is 1. The van der Waals surface area contributed by atoms with Crippen LogP contribution in [0.2, 0.25) is 0 Å². The summed E-state index contributed by atoms with van der Waals surface area (Å²) in [7, 11) is -4.06. The van der Waals surface area contributed by atoms with Gasteiger partial charge in [-0.25, -0.2) is 12.8 Å². The number of benzene rings is 1. The average molecular weight is 396 g/mol. The van der Waals surface area contributed by atoms with Crippen molar-refractivity contribution in [2.75, 3.05) is 26.3 Å². The lowest BCUT2D eigenvalue weighted by molar-refractivity contribution is -0.123. The molecule has 0 saturated carbocycles. The maximum Gasteiger partial charge on any atom is 0.246 e. The van der Waals surface area contributed by atoms with Gasteiger partial charge in [0.05, 0.1) is 25.8 Å². The minimum absolute atomic E-state index is 0.0627. The maximum absolute atomic E-state index is 14.0. The van der Waals surface area contributed by atoms with Gasteiger partial charge in [-0.1, -0.05) is 12.1 Å². The quantitative estimate of drug-likeness (QED) is 0.741. The second-order valence-electron chi connectivity index (χ2n) is 6.10. The van der Waals surface area contributed by atoms with E-state index in [1.165, 1.54) is 18.2 Å². The molecule has 0 bridgehead atoms. The summed E-state index contributed by atoms with van der Waals surface area (Å²) in [6.07, 6.45) is 3.36. The molecule has 8 nitrogen and oxygen atoms in total. The standard InChI is InChI=1S/C17H21FN4O4S/c18-15-4-1-2-5-16(15)27(24,25)22-10-11-26-13-14(22)12-17(23)19-7-9-21-8-3-6-20-21/h1-6,8,14H,7,9-13H2,(H,19,23)/t14-/m1/s1. The van der Waals surface area contributed by atoms with Gasteiger partial charge < -0.3 is 10.1 Å². The Labute approximate surface area is 157 Å². The first-order chi connectivity index (χ1) is 13.0. The molecule has 1 N–H and O–H groups in total. The highest BCUT2D eigenvalue weighted by Gasteiger charge is 2.36. The van der Waals surface area contributed by atoms with Crippen molar-refractivity contribution < 1.29 is 22.3 Å². The van der Waals surface area contributed by atoms with Crippen molar-refractivity contribution in [1.29, 1.82) is 0 Å². The van der Waals surface area contributed by atoms with Crippen LogP contribution in [0.1, 0.15) is 6.42 Å². The van der Waals surface area contributed by atoms with Gasteiger partial charge in [-0.15, -0.1) is 0 Å². The number of carbonyl (C=O) groups excluding carboxylic acids is 1. The third kappa shape index (κ3) is 4.71. The Morgan fingerprint density at radius 3 is 2.89 bits per heavy atom. The summed E-state index contributed by atoms with van der Waals surface area (Å²) in [5.41, 5.74) is 0. The SMILES string of the molecule is O=C(C[C@@H]1COCCN1S(=O)(=O)c1ccccc1F)NCCn1cccn1. The Morgan fingerprint density at radius 2 is 2.15 bits per heavy atom. The van der Waals surface area contributed by atoms with E-state index in [9.17, 15) is 17.6 Å². The van der Waals surface area contributed by atoms with Crippen molar-refractivity contribution in [3.63, 3.8) is 0 Å². The smallest absolute Gasteiger partial charge is 0.246 e. The van der Waals surface area contributed by atoms with Crippen molar-refractivity contribution in [2.45, 2.75) is 23.9 Å². The molecule has 1 aromatic carbocycles. The van der Waals surface area contributed by atoms with E-state index in [0.29, 0.717) is 13.1 Å². The third-order valence-corrected chi connectivity index (χ3v) is 6.23. The number of hydrogen-bond acceptors (Lipinski definition) is 5. The van der Waals surface area contributed by atoms with Crippen molar-refractivity contribution in [2.24, 2.45) is 0 Å². The molecule has 1 amide bonds. The van der Waals surface area contributed by atoms with Gasteiger partial charge in [0.25, 0.3) is 0 Å². The minimum atomic E-state index is -4.06. The van der Waals surface area contributed by atoms with Crippen molar-refractivity contribution in [3.8, 4) is 0 Å². The molecule has 1 atom stereocenters. The van der Waals surface area contributed by atoms with Crippen LogP contribution in [0.4, 0.5) is 4.39 Å². The number of morpholine rings is 1. The maximum atomic E-state index is 14.0. The molecule has 1 aliphatic heterocycles. The number of carbonyl (C=O) groups is 1. The fourth-order valence-electron chi connectivity index (χ4n) is 2.93. The van der Waals surface area contributed by atoms with Gasteiger partial charge in [-0.05, 0) is 18.2 Å².